The Labute approximate surface area is 353 Å². The zero-order valence-corrected chi connectivity index (χ0v) is 34.2. The zero-order chi connectivity index (χ0) is 37.2. The maximum Gasteiger partial charge on any atom is 1.00 e. The van der Waals surface area contributed by atoms with Crippen LogP contribution in [0.25, 0.3) is 21.9 Å². The van der Waals surface area contributed by atoms with E-state index < -0.39 is 30.9 Å². The second kappa shape index (κ2) is 17.2. The number of nitrogens with two attached hydrogens (primary N) is 3. The third-order valence-electron chi connectivity index (χ3n) is 7.54. The minimum absolute atomic E-state index is 0. The number of hydrogen-bond donors (Lipinski definition) is 4. The van der Waals surface area contributed by atoms with Crippen LogP contribution in [0.1, 0.15) is 0 Å². The largest absolute Gasteiger partial charge is 1.00 e. The van der Waals surface area contributed by atoms with Crippen LogP contribution in [0.15, 0.2) is 150 Å². The van der Waals surface area contributed by atoms with E-state index in [1.807, 2.05) is 24.3 Å². The van der Waals surface area contributed by atoms with Gasteiger partial charge in [0.1, 0.15) is 27.2 Å². The molecular formula is C34H25N9Na2O7S2. The van der Waals surface area contributed by atoms with Crippen LogP contribution in [-0.2, 0) is 20.2 Å². The molecule has 262 valence electrons. The number of hydrogen-bond acceptors (Lipinski definition) is 15. The molecule has 0 amide bonds. The van der Waals surface area contributed by atoms with Crippen molar-refractivity contribution in [3.8, 4) is 16.9 Å². The van der Waals surface area contributed by atoms with E-state index in [0.29, 0.717) is 11.4 Å². The fourth-order valence-corrected chi connectivity index (χ4v) is 5.89. The molecule has 0 aliphatic heterocycles. The summed E-state index contributed by atoms with van der Waals surface area (Å²) in [6.45, 7) is 0. The molecule has 0 aromatic heterocycles. The smallest absolute Gasteiger partial charge is 0.872 e. The summed E-state index contributed by atoms with van der Waals surface area (Å²) in [6, 6.07) is 27.0. The van der Waals surface area contributed by atoms with E-state index in [-0.39, 0.29) is 115 Å². The first-order valence-corrected chi connectivity index (χ1v) is 17.7. The van der Waals surface area contributed by atoms with Crippen molar-refractivity contribution in [2.24, 2.45) is 30.7 Å². The van der Waals surface area contributed by atoms with Gasteiger partial charge in [-0.3, -0.25) is 4.55 Å². The van der Waals surface area contributed by atoms with Crippen LogP contribution < -0.4 is 81.4 Å². The molecule has 0 saturated heterocycles. The van der Waals surface area contributed by atoms with Crippen LogP contribution in [-0.4, -0.2) is 25.9 Å². The third-order valence-corrected chi connectivity index (χ3v) is 9.22. The van der Waals surface area contributed by atoms with Crippen molar-refractivity contribution < 1.29 is 90.2 Å². The van der Waals surface area contributed by atoms with Crippen molar-refractivity contribution in [2.75, 3.05) is 17.2 Å². The van der Waals surface area contributed by atoms with Crippen LogP contribution in [0.2, 0.25) is 0 Å². The van der Waals surface area contributed by atoms with Gasteiger partial charge in [-0.15, -0.1) is 15.3 Å². The topological polar surface area (TPSA) is 287 Å². The van der Waals surface area contributed by atoms with E-state index in [2.05, 4.69) is 30.7 Å². The van der Waals surface area contributed by atoms with E-state index in [1.165, 1.54) is 36.4 Å². The molecule has 6 aromatic carbocycles. The number of nitrogen functional groups attached to an aromatic ring is 3. The van der Waals surface area contributed by atoms with Crippen molar-refractivity contribution in [3.05, 3.63) is 109 Å². The van der Waals surface area contributed by atoms with Crippen LogP contribution in [0.5, 0.6) is 5.75 Å². The molecule has 0 unspecified atom stereocenters. The van der Waals surface area contributed by atoms with Crippen LogP contribution in [0, 0.1) is 0 Å². The fraction of sp³-hybridized carbons (Fsp3) is 0. The Kier molecular flexibility index (Phi) is 13.5. The predicted molar refractivity (Wildman–Crippen MR) is 192 cm³/mol. The van der Waals surface area contributed by atoms with Crippen LogP contribution in [0.4, 0.5) is 51.2 Å². The molecule has 54 heavy (non-hydrogen) atoms. The Bertz CT molecular complexity index is 2660. The average Bonchev–Trinajstić information content (AvgIpc) is 3.10. The summed E-state index contributed by atoms with van der Waals surface area (Å²) in [7, 11) is -9.17. The van der Waals surface area contributed by atoms with Gasteiger partial charge in [0, 0.05) is 5.39 Å². The molecule has 0 aliphatic carbocycles. The third kappa shape index (κ3) is 9.93. The van der Waals surface area contributed by atoms with Crippen molar-refractivity contribution in [1.82, 2.24) is 0 Å². The maximum absolute atomic E-state index is 12.7. The van der Waals surface area contributed by atoms with Gasteiger partial charge in [-0.2, -0.15) is 23.8 Å². The van der Waals surface area contributed by atoms with E-state index in [9.17, 15) is 31.0 Å². The Morgan fingerprint density at radius 3 is 1.44 bits per heavy atom. The zero-order valence-electron chi connectivity index (χ0n) is 28.5. The molecule has 0 fully saturated rings. The summed E-state index contributed by atoms with van der Waals surface area (Å²) in [5.41, 5.74) is 22.4. The quantitative estimate of drug-likeness (QED) is 0.0713. The molecule has 6 rings (SSSR count). The van der Waals surface area contributed by atoms with Gasteiger partial charge in [-0.25, -0.2) is 8.42 Å². The van der Waals surface area contributed by atoms with Gasteiger partial charge in [-0.05, 0) is 95.4 Å². The maximum atomic E-state index is 12.7. The molecule has 0 atom stereocenters. The predicted octanol–water partition coefficient (Wildman–Crippen LogP) is 1.73. The first kappa shape index (κ1) is 42.1. The Hall–Kier alpha value is -4.60. The Balaban J connectivity index is 0.00000325. The van der Waals surface area contributed by atoms with Gasteiger partial charge in [0.2, 0.25) is 0 Å². The molecule has 20 heteroatoms. The van der Waals surface area contributed by atoms with Gasteiger partial charge in [0.25, 0.3) is 10.1 Å². The van der Waals surface area contributed by atoms with E-state index >= 15 is 0 Å². The van der Waals surface area contributed by atoms with Crippen molar-refractivity contribution in [2.45, 2.75) is 9.79 Å². The number of azo groups is 3. The minimum Gasteiger partial charge on any atom is -0.872 e. The number of benzene rings is 6. The van der Waals surface area contributed by atoms with Gasteiger partial charge in [0.15, 0.2) is 0 Å². The number of nitrogens with zero attached hydrogens (tertiary/aromatic N) is 6. The molecule has 16 nitrogen and oxygen atoms in total. The van der Waals surface area contributed by atoms with Crippen molar-refractivity contribution in [3.63, 3.8) is 0 Å². The number of fused-ring (bicyclic) bond motifs is 1. The molecule has 0 radical (unpaired) electrons. The molecule has 6 aromatic rings. The molecule has 0 bridgehead atoms. The second-order valence-electron chi connectivity index (χ2n) is 11.1. The van der Waals surface area contributed by atoms with E-state index in [1.54, 1.807) is 24.3 Å². The van der Waals surface area contributed by atoms with Gasteiger partial charge < -0.3 is 26.9 Å². The van der Waals surface area contributed by atoms with Gasteiger partial charge in [-0.1, -0.05) is 36.1 Å². The van der Waals surface area contributed by atoms with Gasteiger partial charge in [0.05, 0.1) is 43.9 Å². The van der Waals surface area contributed by atoms with Crippen LogP contribution in [0.3, 0.4) is 0 Å². The summed E-state index contributed by atoms with van der Waals surface area (Å²) < 4.78 is 65.8. The summed E-state index contributed by atoms with van der Waals surface area (Å²) in [5.74, 6) is -0.682. The standard InChI is InChI=1S/C34H27N9O7S2.2Na/c35-27-14-5-21-15-26(52(48,49)50)16-32(44)33(21)34(27)43-40-23-8-3-20(4-9-23)19-1-6-22(7-2-19)38-41-30-18-31(29(37)17-28(30)36)42-39-24-10-12-25(13-11-24)51(45,46)47;;/h1-18,44H,35-37H2,(H,45,46,47)(H,48,49,50);;/q;2*+1/p-2. The average molecular weight is 782 g/mol. The molecule has 0 spiro atoms. The Morgan fingerprint density at radius 2 is 0.981 bits per heavy atom. The van der Waals surface area contributed by atoms with E-state index in [4.69, 9.17) is 17.2 Å². The summed E-state index contributed by atoms with van der Waals surface area (Å²) in [6.07, 6.45) is 0. The van der Waals surface area contributed by atoms with Gasteiger partial charge >= 0.3 is 59.1 Å². The summed E-state index contributed by atoms with van der Waals surface area (Å²) in [5, 5.41) is 38.0. The molecular weight excluding hydrogens is 757 g/mol. The normalized spacial score (nSPS) is 12.0. The summed E-state index contributed by atoms with van der Waals surface area (Å²) in [4.78, 5) is -0.918. The van der Waals surface area contributed by atoms with E-state index in [0.717, 1.165) is 35.4 Å². The first-order chi connectivity index (χ1) is 24.7. The molecule has 0 heterocycles. The number of anilines is 3. The first-order valence-electron chi connectivity index (χ1n) is 14.9. The molecule has 0 aliphatic rings. The summed E-state index contributed by atoms with van der Waals surface area (Å²) >= 11 is 0. The Morgan fingerprint density at radius 1 is 0.519 bits per heavy atom. The molecule has 7 N–H and O–H groups in total. The second-order valence-corrected chi connectivity index (χ2v) is 13.9. The fourth-order valence-electron chi connectivity index (χ4n) is 4.89. The van der Waals surface area contributed by atoms with Crippen molar-refractivity contribution >= 4 is 82.2 Å². The molecule has 0 saturated carbocycles. The monoisotopic (exact) mass is 781 g/mol. The minimum atomic E-state index is -4.59. The number of rotatable bonds is 9. The SMILES string of the molecule is Nc1cc(N)c(N=Nc2ccc(S(=O)(=O)[O-])cc2)cc1N=Nc1ccc(-c2ccc(N=Nc3c(N)ccc4cc(S(=O)(=O)O)cc([O-])c34)cc2)cc1.[Na+].[Na+]. The van der Waals surface area contributed by atoms with Crippen molar-refractivity contribution in [1.29, 1.82) is 0 Å². The van der Waals surface area contributed by atoms with Crippen LogP contribution >= 0.6 is 0 Å².